The molecule has 0 spiro atoms. The lowest BCUT2D eigenvalue weighted by Gasteiger charge is -2.21. The summed E-state index contributed by atoms with van der Waals surface area (Å²) in [7, 11) is 0. The summed E-state index contributed by atoms with van der Waals surface area (Å²) in [4.78, 5) is 0. The topological polar surface area (TPSA) is 26.0 Å². The SMILES string of the molecule is C=C[C@@](C)(N)c1cc(F)c(F)cc1F. The molecule has 1 aromatic rings. The Labute approximate surface area is 80.0 Å². The largest absolute Gasteiger partial charge is 0.318 e. The van der Waals surface area contributed by atoms with Gasteiger partial charge in [-0.3, -0.25) is 0 Å². The highest BCUT2D eigenvalue weighted by molar-refractivity contribution is 5.30. The first-order valence-electron chi connectivity index (χ1n) is 3.96. The highest BCUT2D eigenvalue weighted by Gasteiger charge is 2.23. The normalized spacial score (nSPS) is 14.9. The molecule has 0 heterocycles. The average Bonchev–Trinajstić information content (AvgIpc) is 2.11. The molecular formula is C10H10F3N. The number of nitrogens with two attached hydrogens (primary N) is 1. The van der Waals surface area contributed by atoms with Crippen molar-refractivity contribution in [1.82, 2.24) is 0 Å². The zero-order valence-electron chi connectivity index (χ0n) is 7.65. The maximum absolute atomic E-state index is 13.2. The van der Waals surface area contributed by atoms with E-state index in [9.17, 15) is 13.2 Å². The highest BCUT2D eigenvalue weighted by atomic mass is 19.2. The smallest absolute Gasteiger partial charge is 0.161 e. The van der Waals surface area contributed by atoms with Crippen molar-refractivity contribution in [3.63, 3.8) is 0 Å². The van der Waals surface area contributed by atoms with Crippen LogP contribution in [0.25, 0.3) is 0 Å². The Morgan fingerprint density at radius 3 is 2.21 bits per heavy atom. The van der Waals surface area contributed by atoms with E-state index in [1.807, 2.05) is 0 Å². The van der Waals surface area contributed by atoms with Gasteiger partial charge in [-0.15, -0.1) is 6.58 Å². The zero-order chi connectivity index (χ0) is 10.9. The van der Waals surface area contributed by atoms with Crippen molar-refractivity contribution in [2.45, 2.75) is 12.5 Å². The molecule has 0 unspecified atom stereocenters. The second-order valence-corrected chi connectivity index (χ2v) is 3.23. The van der Waals surface area contributed by atoms with E-state index < -0.39 is 23.0 Å². The van der Waals surface area contributed by atoms with Crippen molar-refractivity contribution in [3.8, 4) is 0 Å². The molecule has 1 atom stereocenters. The predicted octanol–water partition coefficient (Wildman–Crippen LogP) is 2.46. The molecule has 0 aliphatic carbocycles. The lowest BCUT2D eigenvalue weighted by molar-refractivity contribution is 0.475. The van der Waals surface area contributed by atoms with Gasteiger partial charge in [0.05, 0.1) is 5.54 Å². The molecule has 1 nitrogen and oxygen atoms in total. The molecule has 0 aliphatic heterocycles. The van der Waals surface area contributed by atoms with Crippen LogP contribution in [-0.4, -0.2) is 0 Å². The van der Waals surface area contributed by atoms with Crippen molar-refractivity contribution in [3.05, 3.63) is 47.8 Å². The molecule has 1 aromatic carbocycles. The molecule has 0 aromatic heterocycles. The molecule has 4 heteroatoms. The van der Waals surface area contributed by atoms with Crippen LogP contribution in [0.3, 0.4) is 0 Å². The van der Waals surface area contributed by atoms with E-state index in [-0.39, 0.29) is 5.56 Å². The number of rotatable bonds is 2. The van der Waals surface area contributed by atoms with E-state index in [4.69, 9.17) is 5.73 Å². The number of hydrogen-bond donors (Lipinski definition) is 1. The fourth-order valence-corrected chi connectivity index (χ4v) is 1.05. The molecule has 2 N–H and O–H groups in total. The molecule has 14 heavy (non-hydrogen) atoms. The number of benzene rings is 1. The summed E-state index contributed by atoms with van der Waals surface area (Å²) in [6.07, 6.45) is 1.27. The van der Waals surface area contributed by atoms with Crippen LogP contribution in [0.1, 0.15) is 12.5 Å². The van der Waals surface area contributed by atoms with E-state index in [0.717, 1.165) is 6.07 Å². The van der Waals surface area contributed by atoms with Crippen LogP contribution in [0.2, 0.25) is 0 Å². The molecule has 0 saturated heterocycles. The molecule has 0 aliphatic rings. The summed E-state index contributed by atoms with van der Waals surface area (Å²) < 4.78 is 38.5. The van der Waals surface area contributed by atoms with Crippen molar-refractivity contribution in [2.75, 3.05) is 0 Å². The van der Waals surface area contributed by atoms with Crippen LogP contribution in [0, 0.1) is 17.5 Å². The summed E-state index contributed by atoms with van der Waals surface area (Å²) in [5, 5.41) is 0. The first-order chi connectivity index (χ1) is 6.38. The Balaban J connectivity index is 3.36. The van der Waals surface area contributed by atoms with Gasteiger partial charge in [0.1, 0.15) is 5.82 Å². The number of hydrogen-bond acceptors (Lipinski definition) is 1. The summed E-state index contributed by atoms with van der Waals surface area (Å²) >= 11 is 0. The van der Waals surface area contributed by atoms with Gasteiger partial charge in [-0.1, -0.05) is 6.08 Å². The van der Waals surface area contributed by atoms with Gasteiger partial charge in [-0.05, 0) is 13.0 Å². The first-order valence-corrected chi connectivity index (χ1v) is 3.96. The van der Waals surface area contributed by atoms with Crippen LogP contribution in [0.4, 0.5) is 13.2 Å². The first kappa shape index (κ1) is 10.8. The van der Waals surface area contributed by atoms with E-state index in [2.05, 4.69) is 6.58 Å². The van der Waals surface area contributed by atoms with Gasteiger partial charge >= 0.3 is 0 Å². The molecule has 0 fully saturated rings. The quantitative estimate of drug-likeness (QED) is 0.577. The average molecular weight is 201 g/mol. The van der Waals surface area contributed by atoms with Crippen LogP contribution < -0.4 is 5.73 Å². The molecule has 0 bridgehead atoms. The standard InChI is InChI=1S/C10H10F3N/c1-3-10(2,14)6-4-8(12)9(13)5-7(6)11/h3-5H,1,14H2,2H3/t10-/m1/s1. The van der Waals surface area contributed by atoms with E-state index in [1.165, 1.54) is 13.0 Å². The van der Waals surface area contributed by atoms with E-state index in [0.29, 0.717) is 6.07 Å². The maximum Gasteiger partial charge on any atom is 0.161 e. The van der Waals surface area contributed by atoms with Gasteiger partial charge in [0, 0.05) is 11.6 Å². The predicted molar refractivity (Wildman–Crippen MR) is 48.1 cm³/mol. The fraction of sp³-hybridized carbons (Fsp3) is 0.200. The molecule has 0 saturated carbocycles. The third-order valence-corrected chi connectivity index (χ3v) is 2.01. The third kappa shape index (κ3) is 1.80. The Morgan fingerprint density at radius 2 is 1.71 bits per heavy atom. The van der Waals surface area contributed by atoms with Gasteiger partial charge in [-0.2, -0.15) is 0 Å². The van der Waals surface area contributed by atoms with E-state index >= 15 is 0 Å². The van der Waals surface area contributed by atoms with Gasteiger partial charge < -0.3 is 5.73 Å². The minimum absolute atomic E-state index is 0.119. The van der Waals surface area contributed by atoms with Gasteiger partial charge in [-0.25, -0.2) is 13.2 Å². The Kier molecular flexibility index (Phi) is 2.66. The van der Waals surface area contributed by atoms with Crippen molar-refractivity contribution in [2.24, 2.45) is 5.73 Å². The van der Waals surface area contributed by atoms with Gasteiger partial charge in [0.25, 0.3) is 0 Å². The highest BCUT2D eigenvalue weighted by Crippen LogP contribution is 2.24. The van der Waals surface area contributed by atoms with Gasteiger partial charge in [0.15, 0.2) is 11.6 Å². The minimum Gasteiger partial charge on any atom is -0.318 e. The minimum atomic E-state index is -1.23. The van der Waals surface area contributed by atoms with Crippen LogP contribution in [0.15, 0.2) is 24.8 Å². The third-order valence-electron chi connectivity index (χ3n) is 2.01. The Hall–Kier alpha value is -1.29. The van der Waals surface area contributed by atoms with Crippen LogP contribution >= 0.6 is 0 Å². The lowest BCUT2D eigenvalue weighted by atomic mass is 9.93. The van der Waals surface area contributed by atoms with Crippen molar-refractivity contribution in [1.29, 1.82) is 0 Å². The fourth-order valence-electron chi connectivity index (χ4n) is 1.05. The summed E-state index contributed by atoms with van der Waals surface area (Å²) in [5.41, 5.74) is 4.28. The van der Waals surface area contributed by atoms with E-state index in [1.54, 1.807) is 0 Å². The summed E-state index contributed by atoms with van der Waals surface area (Å²) in [6, 6.07) is 1.21. The van der Waals surface area contributed by atoms with Crippen LogP contribution in [-0.2, 0) is 5.54 Å². The molecule has 0 amide bonds. The van der Waals surface area contributed by atoms with Crippen molar-refractivity contribution < 1.29 is 13.2 Å². The second-order valence-electron chi connectivity index (χ2n) is 3.23. The molecule has 0 radical (unpaired) electrons. The second kappa shape index (κ2) is 3.46. The summed E-state index contributed by atoms with van der Waals surface area (Å²) in [5.74, 6) is -3.24. The Bertz CT molecular complexity index is 372. The monoisotopic (exact) mass is 201 g/mol. The molecular weight excluding hydrogens is 191 g/mol. The Morgan fingerprint density at radius 1 is 1.21 bits per heavy atom. The summed E-state index contributed by atoms with van der Waals surface area (Å²) in [6.45, 7) is 4.85. The lowest BCUT2D eigenvalue weighted by Crippen LogP contribution is -2.31. The van der Waals surface area contributed by atoms with Crippen molar-refractivity contribution >= 4 is 0 Å². The zero-order valence-corrected chi connectivity index (χ0v) is 7.65. The number of halogens is 3. The molecule has 1 rings (SSSR count). The van der Waals surface area contributed by atoms with Gasteiger partial charge in [0.2, 0.25) is 0 Å². The van der Waals surface area contributed by atoms with Crippen LogP contribution in [0.5, 0.6) is 0 Å². The molecule has 76 valence electrons. The maximum atomic E-state index is 13.2.